The van der Waals surface area contributed by atoms with E-state index in [-0.39, 0.29) is 12.0 Å². The molecular weight excluding hydrogens is 186 g/mol. The van der Waals surface area contributed by atoms with Crippen molar-refractivity contribution in [1.29, 1.82) is 5.26 Å². The van der Waals surface area contributed by atoms with Crippen LogP contribution in [0.2, 0.25) is 0 Å². The SMILES string of the molecule is C=CCCOC1CC(CC)CCC1C#N. The smallest absolute Gasteiger partial charge is 0.0736 e. The molecule has 0 heterocycles. The highest BCUT2D eigenvalue weighted by Gasteiger charge is 2.30. The van der Waals surface area contributed by atoms with Crippen LogP contribution in [-0.4, -0.2) is 12.7 Å². The lowest BCUT2D eigenvalue weighted by Gasteiger charge is -2.32. The molecule has 2 heteroatoms. The van der Waals surface area contributed by atoms with Gasteiger partial charge < -0.3 is 4.74 Å². The van der Waals surface area contributed by atoms with E-state index in [1.165, 1.54) is 12.8 Å². The molecule has 1 rings (SSSR count). The molecule has 1 saturated carbocycles. The number of nitrogens with zero attached hydrogens (tertiary/aromatic N) is 1. The molecule has 15 heavy (non-hydrogen) atoms. The Balaban J connectivity index is 2.41. The Morgan fingerprint density at radius 2 is 2.33 bits per heavy atom. The topological polar surface area (TPSA) is 33.0 Å². The van der Waals surface area contributed by atoms with Crippen molar-refractivity contribution in [1.82, 2.24) is 0 Å². The van der Waals surface area contributed by atoms with E-state index in [1.807, 2.05) is 6.08 Å². The first-order valence-electron chi connectivity index (χ1n) is 5.93. The van der Waals surface area contributed by atoms with Crippen LogP contribution in [0.4, 0.5) is 0 Å². The Labute approximate surface area is 92.9 Å². The van der Waals surface area contributed by atoms with Crippen LogP contribution in [0.5, 0.6) is 0 Å². The van der Waals surface area contributed by atoms with Gasteiger partial charge in [-0.3, -0.25) is 0 Å². The number of hydrogen-bond donors (Lipinski definition) is 0. The van der Waals surface area contributed by atoms with Crippen molar-refractivity contribution < 1.29 is 4.74 Å². The molecule has 0 aliphatic heterocycles. The Kier molecular flexibility index (Phi) is 5.42. The second kappa shape index (κ2) is 6.63. The van der Waals surface area contributed by atoms with Gasteiger partial charge in [-0.15, -0.1) is 6.58 Å². The van der Waals surface area contributed by atoms with Gasteiger partial charge in [0.2, 0.25) is 0 Å². The lowest BCUT2D eigenvalue weighted by molar-refractivity contribution is -0.00782. The van der Waals surface area contributed by atoms with Gasteiger partial charge >= 0.3 is 0 Å². The third-order valence-corrected chi connectivity index (χ3v) is 3.30. The average molecular weight is 207 g/mol. The summed E-state index contributed by atoms with van der Waals surface area (Å²) in [6.07, 6.45) is 7.37. The van der Waals surface area contributed by atoms with E-state index in [9.17, 15) is 0 Å². The lowest BCUT2D eigenvalue weighted by Crippen LogP contribution is -2.31. The summed E-state index contributed by atoms with van der Waals surface area (Å²) in [6, 6.07) is 2.37. The van der Waals surface area contributed by atoms with E-state index >= 15 is 0 Å². The van der Waals surface area contributed by atoms with E-state index in [4.69, 9.17) is 10.00 Å². The molecule has 3 atom stereocenters. The molecule has 0 spiro atoms. The van der Waals surface area contributed by atoms with Crippen molar-refractivity contribution in [2.24, 2.45) is 11.8 Å². The van der Waals surface area contributed by atoms with Crippen LogP contribution in [0, 0.1) is 23.2 Å². The van der Waals surface area contributed by atoms with Crippen LogP contribution in [0.1, 0.15) is 39.0 Å². The van der Waals surface area contributed by atoms with E-state index < -0.39 is 0 Å². The molecule has 3 unspecified atom stereocenters. The second-order valence-electron chi connectivity index (χ2n) is 4.31. The van der Waals surface area contributed by atoms with Gasteiger partial charge in [0.15, 0.2) is 0 Å². The summed E-state index contributed by atoms with van der Waals surface area (Å²) in [4.78, 5) is 0. The van der Waals surface area contributed by atoms with E-state index in [0.717, 1.165) is 25.2 Å². The summed E-state index contributed by atoms with van der Waals surface area (Å²) in [6.45, 7) is 6.60. The quantitative estimate of drug-likeness (QED) is 0.512. The minimum atomic E-state index is 0.109. The minimum absolute atomic E-state index is 0.109. The lowest BCUT2D eigenvalue weighted by atomic mass is 9.79. The highest BCUT2D eigenvalue weighted by molar-refractivity contribution is 4.93. The predicted molar refractivity (Wildman–Crippen MR) is 61.3 cm³/mol. The van der Waals surface area contributed by atoms with Crippen LogP contribution < -0.4 is 0 Å². The fourth-order valence-electron chi connectivity index (χ4n) is 2.22. The average Bonchev–Trinajstić information content (AvgIpc) is 2.29. The van der Waals surface area contributed by atoms with Crippen LogP contribution in [-0.2, 0) is 4.74 Å². The monoisotopic (exact) mass is 207 g/mol. The third-order valence-electron chi connectivity index (χ3n) is 3.30. The summed E-state index contributed by atoms with van der Waals surface area (Å²) in [7, 11) is 0. The Hall–Kier alpha value is -0.810. The molecule has 2 nitrogen and oxygen atoms in total. The molecule has 1 aliphatic rings. The number of hydrogen-bond acceptors (Lipinski definition) is 2. The van der Waals surface area contributed by atoms with Gasteiger partial charge in [-0.1, -0.05) is 19.4 Å². The third kappa shape index (κ3) is 3.68. The fraction of sp³-hybridized carbons (Fsp3) is 0.769. The van der Waals surface area contributed by atoms with Crippen molar-refractivity contribution in [3.63, 3.8) is 0 Å². The molecule has 0 saturated heterocycles. The molecule has 1 fully saturated rings. The molecule has 0 N–H and O–H groups in total. The summed E-state index contributed by atoms with van der Waals surface area (Å²) in [5.74, 6) is 0.862. The van der Waals surface area contributed by atoms with Gasteiger partial charge in [-0.2, -0.15) is 5.26 Å². The minimum Gasteiger partial charge on any atom is -0.377 e. The molecule has 0 aromatic rings. The van der Waals surface area contributed by atoms with E-state index in [1.54, 1.807) is 0 Å². The largest absolute Gasteiger partial charge is 0.377 e. The molecule has 0 amide bonds. The number of nitriles is 1. The van der Waals surface area contributed by atoms with Gasteiger partial charge in [-0.25, -0.2) is 0 Å². The predicted octanol–water partition coefficient (Wildman–Crippen LogP) is 3.30. The van der Waals surface area contributed by atoms with Crippen LogP contribution in [0.3, 0.4) is 0 Å². The first-order valence-corrected chi connectivity index (χ1v) is 5.93. The van der Waals surface area contributed by atoms with Crippen LogP contribution >= 0.6 is 0 Å². The van der Waals surface area contributed by atoms with Crippen molar-refractivity contribution >= 4 is 0 Å². The first-order chi connectivity index (χ1) is 7.31. The number of rotatable bonds is 5. The zero-order chi connectivity index (χ0) is 11.1. The fourth-order valence-corrected chi connectivity index (χ4v) is 2.22. The van der Waals surface area contributed by atoms with Crippen LogP contribution in [0.15, 0.2) is 12.7 Å². The molecule has 84 valence electrons. The van der Waals surface area contributed by atoms with Gasteiger partial charge in [0, 0.05) is 0 Å². The van der Waals surface area contributed by atoms with Crippen molar-refractivity contribution in [3.8, 4) is 6.07 Å². The molecule has 0 bridgehead atoms. The highest BCUT2D eigenvalue weighted by atomic mass is 16.5. The highest BCUT2D eigenvalue weighted by Crippen LogP contribution is 2.32. The van der Waals surface area contributed by atoms with Crippen molar-refractivity contribution in [2.75, 3.05) is 6.61 Å². The summed E-state index contributed by atoms with van der Waals surface area (Å²) >= 11 is 0. The maximum Gasteiger partial charge on any atom is 0.0736 e. The number of ether oxygens (including phenoxy) is 1. The summed E-state index contributed by atoms with van der Waals surface area (Å²) < 4.78 is 5.77. The van der Waals surface area contributed by atoms with E-state index in [0.29, 0.717) is 6.61 Å². The maximum absolute atomic E-state index is 9.03. The standard InChI is InChI=1S/C13H21NO/c1-3-5-8-15-13-9-11(4-2)6-7-12(13)10-14/h3,11-13H,1,4-9H2,2H3. The van der Waals surface area contributed by atoms with Crippen molar-refractivity contribution in [2.45, 2.75) is 45.1 Å². The zero-order valence-electron chi connectivity index (χ0n) is 9.61. The normalized spacial score (nSPS) is 30.8. The molecule has 0 radical (unpaired) electrons. The van der Waals surface area contributed by atoms with Crippen LogP contribution in [0.25, 0.3) is 0 Å². The Morgan fingerprint density at radius 1 is 1.53 bits per heavy atom. The van der Waals surface area contributed by atoms with E-state index in [2.05, 4.69) is 19.6 Å². The molecule has 0 aromatic carbocycles. The van der Waals surface area contributed by atoms with Gasteiger partial charge in [0.25, 0.3) is 0 Å². The molecular formula is C13H21NO. The molecule has 1 aliphatic carbocycles. The van der Waals surface area contributed by atoms with Crippen molar-refractivity contribution in [3.05, 3.63) is 12.7 Å². The zero-order valence-corrected chi connectivity index (χ0v) is 9.61. The molecule has 0 aromatic heterocycles. The summed E-state index contributed by atoms with van der Waals surface area (Å²) in [5.41, 5.74) is 0. The summed E-state index contributed by atoms with van der Waals surface area (Å²) in [5, 5.41) is 9.03. The Morgan fingerprint density at radius 3 is 2.93 bits per heavy atom. The second-order valence-corrected chi connectivity index (χ2v) is 4.31. The van der Waals surface area contributed by atoms with Gasteiger partial charge in [-0.05, 0) is 31.6 Å². The maximum atomic E-state index is 9.03. The van der Waals surface area contributed by atoms with Gasteiger partial charge in [0.1, 0.15) is 0 Å². The Bertz CT molecular complexity index is 231. The first kappa shape index (κ1) is 12.3. The van der Waals surface area contributed by atoms with Gasteiger partial charge in [0.05, 0.1) is 24.7 Å².